The number of hydrogen-bond donors (Lipinski definition) is 1. The fraction of sp³-hybridized carbons (Fsp3) is 0.167. The van der Waals surface area contributed by atoms with Gasteiger partial charge in [-0.25, -0.2) is 9.37 Å². The lowest BCUT2D eigenvalue weighted by Gasteiger charge is -2.07. The van der Waals surface area contributed by atoms with Gasteiger partial charge in [0.2, 0.25) is 0 Å². The number of ether oxygens (including phenoxy) is 1. The summed E-state index contributed by atoms with van der Waals surface area (Å²) in [7, 11) is 0. The molecule has 0 aliphatic carbocycles. The van der Waals surface area contributed by atoms with E-state index in [1.807, 2.05) is 6.07 Å². The van der Waals surface area contributed by atoms with Gasteiger partial charge in [0.1, 0.15) is 18.1 Å². The van der Waals surface area contributed by atoms with Crippen molar-refractivity contribution in [3.63, 3.8) is 0 Å². The third-order valence-electron chi connectivity index (χ3n) is 3.67. The molecule has 3 rings (SSSR count). The van der Waals surface area contributed by atoms with Crippen LogP contribution in [0.4, 0.5) is 4.39 Å². The first-order valence-electron chi connectivity index (χ1n) is 7.61. The summed E-state index contributed by atoms with van der Waals surface area (Å²) in [6, 6.07) is 11.4. The van der Waals surface area contributed by atoms with E-state index in [9.17, 15) is 14.0 Å². The number of carbonyl (C=O) groups is 1. The maximum absolute atomic E-state index is 13.6. The molecule has 1 heterocycles. The van der Waals surface area contributed by atoms with E-state index in [1.165, 1.54) is 18.2 Å². The minimum absolute atomic E-state index is 0.0412. The second-order valence-corrected chi connectivity index (χ2v) is 5.80. The second kappa shape index (κ2) is 7.44. The number of halogens is 2. The summed E-state index contributed by atoms with van der Waals surface area (Å²) in [5, 5.41) is 0.195. The lowest BCUT2D eigenvalue weighted by molar-refractivity contribution is -0.145. The van der Waals surface area contributed by atoms with Gasteiger partial charge in [0.15, 0.2) is 0 Å². The molecule has 0 saturated heterocycles. The molecule has 0 aliphatic rings. The van der Waals surface area contributed by atoms with Gasteiger partial charge >= 0.3 is 5.97 Å². The summed E-state index contributed by atoms with van der Waals surface area (Å²) in [5.74, 6) is -1.10. The van der Waals surface area contributed by atoms with Crippen molar-refractivity contribution < 1.29 is 13.9 Å². The quantitative estimate of drug-likeness (QED) is 0.708. The molecule has 0 unspecified atom stereocenters. The molecule has 25 heavy (non-hydrogen) atoms. The summed E-state index contributed by atoms with van der Waals surface area (Å²) in [6.07, 6.45) is 0.0878. The number of nitrogens with zero attached hydrogens (tertiary/aromatic N) is 1. The third kappa shape index (κ3) is 4.03. The molecule has 0 aliphatic heterocycles. The Hall–Kier alpha value is -2.73. The number of para-hydroxylation sites is 2. The van der Waals surface area contributed by atoms with Crippen LogP contribution in [-0.4, -0.2) is 15.9 Å². The summed E-state index contributed by atoms with van der Waals surface area (Å²) in [6.45, 7) is -0.258. The Kier molecular flexibility index (Phi) is 5.09. The van der Waals surface area contributed by atoms with Crippen molar-refractivity contribution in [2.75, 3.05) is 0 Å². The number of benzene rings is 2. The van der Waals surface area contributed by atoms with Gasteiger partial charge in [-0.1, -0.05) is 29.8 Å². The molecule has 0 saturated carbocycles. The van der Waals surface area contributed by atoms with E-state index < -0.39 is 11.8 Å². The fourth-order valence-corrected chi connectivity index (χ4v) is 2.57. The van der Waals surface area contributed by atoms with Crippen LogP contribution in [0.2, 0.25) is 5.02 Å². The van der Waals surface area contributed by atoms with Crippen LogP contribution in [0.5, 0.6) is 0 Å². The first kappa shape index (κ1) is 17.1. The largest absolute Gasteiger partial charge is 0.461 e. The van der Waals surface area contributed by atoms with Crippen LogP contribution in [0.25, 0.3) is 11.0 Å². The highest BCUT2D eigenvalue weighted by molar-refractivity contribution is 6.31. The van der Waals surface area contributed by atoms with E-state index in [-0.39, 0.29) is 41.3 Å². The number of fused-ring (bicyclic) bond motifs is 1. The van der Waals surface area contributed by atoms with E-state index in [4.69, 9.17) is 16.3 Å². The van der Waals surface area contributed by atoms with E-state index in [0.29, 0.717) is 11.0 Å². The normalized spacial score (nSPS) is 10.8. The highest BCUT2D eigenvalue weighted by Gasteiger charge is 2.12. The van der Waals surface area contributed by atoms with E-state index in [2.05, 4.69) is 9.97 Å². The molecular formula is C18H14ClFN2O3. The van der Waals surface area contributed by atoms with Crippen molar-refractivity contribution in [1.29, 1.82) is 0 Å². The van der Waals surface area contributed by atoms with E-state index >= 15 is 0 Å². The minimum atomic E-state index is -0.561. The zero-order valence-electron chi connectivity index (χ0n) is 13.1. The predicted octanol–water partition coefficient (Wildman–Crippen LogP) is 3.39. The van der Waals surface area contributed by atoms with Gasteiger partial charge in [-0.05, 0) is 24.3 Å². The first-order chi connectivity index (χ1) is 12.0. The van der Waals surface area contributed by atoms with Gasteiger partial charge in [-0.2, -0.15) is 0 Å². The molecule has 5 nitrogen and oxygen atoms in total. The number of hydrogen-bond acceptors (Lipinski definition) is 4. The maximum Gasteiger partial charge on any atom is 0.306 e. The van der Waals surface area contributed by atoms with Crippen LogP contribution >= 0.6 is 11.6 Å². The maximum atomic E-state index is 13.6. The molecule has 1 aromatic heterocycles. The Morgan fingerprint density at radius 2 is 2.00 bits per heavy atom. The Morgan fingerprint density at radius 3 is 2.80 bits per heavy atom. The topological polar surface area (TPSA) is 72.0 Å². The smallest absolute Gasteiger partial charge is 0.306 e. The van der Waals surface area contributed by atoms with Crippen LogP contribution in [-0.2, 0) is 22.6 Å². The molecule has 3 aromatic rings. The van der Waals surface area contributed by atoms with Gasteiger partial charge in [0.25, 0.3) is 5.56 Å². The lowest BCUT2D eigenvalue weighted by Crippen LogP contribution is -2.17. The van der Waals surface area contributed by atoms with Crippen molar-refractivity contribution in [2.24, 2.45) is 0 Å². The van der Waals surface area contributed by atoms with Crippen molar-refractivity contribution >= 4 is 28.6 Å². The first-order valence-corrected chi connectivity index (χ1v) is 7.99. The van der Waals surface area contributed by atoms with Crippen LogP contribution in [0.15, 0.2) is 47.3 Å². The Morgan fingerprint density at radius 1 is 1.20 bits per heavy atom. The lowest BCUT2D eigenvalue weighted by atomic mass is 10.2. The van der Waals surface area contributed by atoms with Gasteiger partial charge in [-0.15, -0.1) is 0 Å². The molecule has 0 atom stereocenters. The highest BCUT2D eigenvalue weighted by atomic mass is 35.5. The van der Waals surface area contributed by atoms with E-state index in [1.54, 1.807) is 18.2 Å². The van der Waals surface area contributed by atoms with Gasteiger partial charge in [0, 0.05) is 12.0 Å². The second-order valence-electron chi connectivity index (χ2n) is 5.39. The van der Waals surface area contributed by atoms with Gasteiger partial charge in [0.05, 0.1) is 22.5 Å². The molecule has 1 N–H and O–H groups in total. The van der Waals surface area contributed by atoms with Crippen molar-refractivity contribution in [1.82, 2.24) is 9.97 Å². The van der Waals surface area contributed by atoms with Crippen molar-refractivity contribution in [3.8, 4) is 0 Å². The summed E-state index contributed by atoms with van der Waals surface area (Å²) in [5.41, 5.74) is 1.30. The monoisotopic (exact) mass is 360 g/mol. The summed E-state index contributed by atoms with van der Waals surface area (Å²) >= 11 is 5.88. The molecular weight excluding hydrogens is 347 g/mol. The van der Waals surface area contributed by atoms with Crippen LogP contribution < -0.4 is 5.56 Å². The Balaban J connectivity index is 1.63. The number of aromatic nitrogens is 2. The summed E-state index contributed by atoms with van der Waals surface area (Å²) in [4.78, 5) is 30.8. The predicted molar refractivity (Wildman–Crippen MR) is 91.9 cm³/mol. The van der Waals surface area contributed by atoms with Gasteiger partial charge < -0.3 is 9.72 Å². The average Bonchev–Trinajstić information content (AvgIpc) is 2.59. The third-order valence-corrected chi connectivity index (χ3v) is 4.03. The molecule has 0 radical (unpaired) electrons. The van der Waals surface area contributed by atoms with Crippen molar-refractivity contribution in [3.05, 3.63) is 74.9 Å². The number of rotatable bonds is 5. The SMILES string of the molecule is O=C(CCc1nc2ccccc2[nH]c1=O)OCc1c(F)cccc1Cl. The molecule has 7 heteroatoms. The van der Waals surface area contributed by atoms with Gasteiger partial charge in [-0.3, -0.25) is 9.59 Å². The number of H-pyrrole nitrogens is 1. The molecule has 128 valence electrons. The molecule has 0 spiro atoms. The fourth-order valence-electron chi connectivity index (χ4n) is 2.35. The average molecular weight is 361 g/mol. The summed E-state index contributed by atoms with van der Waals surface area (Å²) < 4.78 is 18.7. The van der Waals surface area contributed by atoms with Crippen LogP contribution in [0, 0.1) is 5.82 Å². The number of aryl methyl sites for hydroxylation is 1. The molecule has 0 amide bonds. The number of carbonyl (C=O) groups excluding carboxylic acids is 1. The van der Waals surface area contributed by atoms with Crippen molar-refractivity contribution in [2.45, 2.75) is 19.4 Å². The number of aromatic amines is 1. The Labute approximate surface area is 147 Å². The standard InChI is InChI=1S/C18H14ClFN2O3/c19-12-4-3-5-13(20)11(12)10-25-17(23)9-8-16-18(24)22-15-7-2-1-6-14(15)21-16/h1-7H,8-10H2,(H,22,24). The Bertz CT molecular complexity index is 967. The zero-order valence-corrected chi connectivity index (χ0v) is 13.8. The zero-order chi connectivity index (χ0) is 17.8. The molecule has 2 aromatic carbocycles. The minimum Gasteiger partial charge on any atom is -0.461 e. The highest BCUT2D eigenvalue weighted by Crippen LogP contribution is 2.20. The molecule has 0 bridgehead atoms. The van der Waals surface area contributed by atoms with Crippen LogP contribution in [0.3, 0.4) is 0 Å². The number of esters is 1. The molecule has 0 fully saturated rings. The van der Waals surface area contributed by atoms with Crippen LogP contribution in [0.1, 0.15) is 17.7 Å². The number of nitrogens with one attached hydrogen (secondary N) is 1. The van der Waals surface area contributed by atoms with E-state index in [0.717, 1.165) is 0 Å².